The fourth-order valence-corrected chi connectivity index (χ4v) is 11.0. The van der Waals surface area contributed by atoms with Crippen molar-refractivity contribution in [2.75, 3.05) is 13.7 Å². The van der Waals surface area contributed by atoms with E-state index >= 15 is 0 Å². The zero-order chi connectivity index (χ0) is 55.6. The Morgan fingerprint density at radius 2 is 1.05 bits per heavy atom. The first-order chi connectivity index (χ1) is 38.9. The maximum absolute atomic E-state index is 13.7. The molecule has 1 amide bonds. The van der Waals surface area contributed by atoms with Crippen molar-refractivity contribution >= 4 is 79.8 Å². The quantitative estimate of drug-likeness (QED) is 0.0481. The first-order valence-electron chi connectivity index (χ1n) is 27.4. The highest BCUT2D eigenvalue weighted by Gasteiger charge is 2.23. The minimum Gasteiger partial charge on any atom is -0.469 e. The molecule has 0 saturated heterocycles. The first kappa shape index (κ1) is 52.7. The highest BCUT2D eigenvalue weighted by atomic mass is 16.5. The van der Waals surface area contributed by atoms with E-state index in [0.29, 0.717) is 24.8 Å². The number of nitrogens with zero attached hydrogens (tertiary/aromatic N) is 8. The summed E-state index contributed by atoms with van der Waals surface area (Å²) in [6.45, 7) is 2.54. The Bertz CT molecular complexity index is 4260. The minimum atomic E-state index is -0.565. The number of ether oxygens (including phenoxy) is 1. The van der Waals surface area contributed by atoms with Gasteiger partial charge >= 0.3 is 5.97 Å². The second-order valence-electron chi connectivity index (χ2n) is 20.5. The average Bonchev–Trinajstić information content (AvgIpc) is 4.40. The fraction of sp³-hybridized carbons (Fsp3) is 0.290. The number of H-pyrrole nitrogens is 2. The molecule has 8 bridgehead atoms. The van der Waals surface area contributed by atoms with Gasteiger partial charge in [-0.1, -0.05) is 51.2 Å². The highest BCUT2D eigenvalue weighted by Crippen LogP contribution is 2.36. The van der Waals surface area contributed by atoms with Crippen LogP contribution in [0.5, 0.6) is 0 Å². The number of carbonyl (C=O) groups is 2. The van der Waals surface area contributed by atoms with E-state index in [4.69, 9.17) is 19.9 Å². The molecule has 0 spiro atoms. The van der Waals surface area contributed by atoms with Crippen molar-refractivity contribution in [2.24, 2.45) is 14.1 Å². The van der Waals surface area contributed by atoms with Crippen LogP contribution in [0, 0.1) is 0 Å². The topological polar surface area (TPSA) is 227 Å². The number of nitrogens with one attached hydrogen (secondary N) is 3. The van der Waals surface area contributed by atoms with Crippen molar-refractivity contribution in [3.8, 4) is 33.9 Å². The fourth-order valence-electron chi connectivity index (χ4n) is 11.0. The van der Waals surface area contributed by atoms with Crippen LogP contribution in [0.3, 0.4) is 0 Å². The minimum absolute atomic E-state index is 0.0107. The van der Waals surface area contributed by atoms with Gasteiger partial charge in [-0.2, -0.15) is 0 Å². The molecule has 0 saturated carbocycles. The van der Waals surface area contributed by atoms with Crippen LogP contribution in [-0.4, -0.2) is 73.7 Å². The van der Waals surface area contributed by atoms with E-state index in [1.165, 1.54) is 25.7 Å². The molecular formula is C62H61N11O7. The van der Waals surface area contributed by atoms with Gasteiger partial charge in [0.05, 0.1) is 73.6 Å². The Kier molecular flexibility index (Phi) is 14.9. The SMILES string of the molecule is CCCCCCCc1c2nc(c(-c3ccc(C(=O)NCCCn4c(=O)c5cc6c(=O)n(CCCCCC(=O)OC)c(=O)c6cc5c4=O)cc3)c3ccc([nH]3)c(-c3nccn3C)c3nc(c(-c4nccn4C)c4ccc1[nH]4)C=C3)C=C2. The van der Waals surface area contributed by atoms with Crippen LogP contribution in [0.1, 0.15) is 110 Å². The molecular weight excluding hydrogens is 1010 g/mol. The van der Waals surface area contributed by atoms with Crippen molar-refractivity contribution in [1.82, 2.24) is 53.5 Å². The van der Waals surface area contributed by atoms with Crippen LogP contribution in [0.4, 0.5) is 0 Å². The van der Waals surface area contributed by atoms with Gasteiger partial charge in [0.2, 0.25) is 0 Å². The third kappa shape index (κ3) is 10.1. The van der Waals surface area contributed by atoms with Gasteiger partial charge in [-0.3, -0.25) is 37.9 Å². The number of unbranched alkanes of at least 4 members (excludes halogenated alkanes) is 6. The van der Waals surface area contributed by atoms with Gasteiger partial charge in [-0.15, -0.1) is 0 Å². The largest absolute Gasteiger partial charge is 0.469 e. The van der Waals surface area contributed by atoms with E-state index in [9.17, 15) is 28.8 Å². The number of methoxy groups -OCH3 is 1. The van der Waals surface area contributed by atoms with E-state index in [1.807, 2.05) is 72.0 Å². The number of fused-ring (bicyclic) bond motifs is 10. The normalized spacial score (nSPS) is 12.2. The lowest BCUT2D eigenvalue weighted by atomic mass is 10.0. The molecule has 2 aliphatic heterocycles. The summed E-state index contributed by atoms with van der Waals surface area (Å²) in [5.74, 6) is 0.846. The summed E-state index contributed by atoms with van der Waals surface area (Å²) in [6.07, 6.45) is 24.2. The monoisotopic (exact) mass is 1070 g/mol. The predicted molar refractivity (Wildman–Crippen MR) is 313 cm³/mol. The average molecular weight is 1070 g/mol. The van der Waals surface area contributed by atoms with Crippen molar-refractivity contribution in [3.05, 3.63) is 161 Å². The lowest BCUT2D eigenvalue weighted by Crippen LogP contribution is -2.29. The predicted octanol–water partition coefficient (Wildman–Crippen LogP) is 9.42. The van der Waals surface area contributed by atoms with E-state index in [1.54, 1.807) is 24.5 Å². The molecule has 9 heterocycles. The number of esters is 1. The number of aryl methyl sites for hydroxylation is 3. The number of benzene rings is 2. The molecule has 7 aromatic heterocycles. The Labute approximate surface area is 458 Å². The number of hydrogen-bond donors (Lipinski definition) is 3. The number of aromatic amines is 2. The number of carbonyl (C=O) groups excluding carboxylic acids is 2. The van der Waals surface area contributed by atoms with E-state index in [0.717, 1.165) is 126 Å². The van der Waals surface area contributed by atoms with Crippen molar-refractivity contribution in [2.45, 2.75) is 90.6 Å². The molecule has 0 radical (unpaired) electrons. The molecule has 11 rings (SSSR count). The number of aromatic nitrogens is 10. The first-order valence-corrected chi connectivity index (χ1v) is 27.4. The molecule has 2 aliphatic rings. The Morgan fingerprint density at radius 3 is 1.60 bits per heavy atom. The number of imidazole rings is 2. The molecule has 9 aromatic rings. The third-order valence-electron chi connectivity index (χ3n) is 15.3. The molecule has 0 atom stereocenters. The zero-order valence-corrected chi connectivity index (χ0v) is 45.2. The van der Waals surface area contributed by atoms with Gasteiger partial charge < -0.3 is 29.2 Å². The van der Waals surface area contributed by atoms with Crippen LogP contribution in [0.15, 0.2) is 105 Å². The summed E-state index contributed by atoms with van der Waals surface area (Å²) in [6, 6.07) is 18.4. The molecule has 0 unspecified atom stereocenters. The van der Waals surface area contributed by atoms with E-state index < -0.39 is 22.2 Å². The smallest absolute Gasteiger partial charge is 0.305 e. The van der Waals surface area contributed by atoms with Crippen molar-refractivity contribution in [3.63, 3.8) is 0 Å². The zero-order valence-electron chi connectivity index (χ0n) is 45.2. The summed E-state index contributed by atoms with van der Waals surface area (Å²) in [5.41, 5.74) is 9.22. The number of rotatable bonds is 20. The second kappa shape index (κ2) is 22.6. The van der Waals surface area contributed by atoms with Gasteiger partial charge in [-0.05, 0) is 111 Å². The molecule has 0 aliphatic carbocycles. The molecule has 3 N–H and O–H groups in total. The van der Waals surface area contributed by atoms with Gasteiger partial charge in [0.25, 0.3) is 28.1 Å². The Hall–Kier alpha value is -9.32. The summed E-state index contributed by atoms with van der Waals surface area (Å²) < 4.78 is 10.9. The van der Waals surface area contributed by atoms with Crippen LogP contribution in [0.25, 0.3) is 102 Å². The lowest BCUT2D eigenvalue weighted by Gasteiger charge is -2.08. The maximum Gasteiger partial charge on any atom is 0.305 e. The second-order valence-corrected chi connectivity index (χ2v) is 20.5. The Balaban J connectivity index is 0.896. The van der Waals surface area contributed by atoms with Crippen LogP contribution in [-0.2, 0) is 43.1 Å². The number of amides is 1. The van der Waals surface area contributed by atoms with Gasteiger partial charge in [0.1, 0.15) is 11.6 Å². The van der Waals surface area contributed by atoms with Gasteiger partial charge in [0.15, 0.2) is 0 Å². The summed E-state index contributed by atoms with van der Waals surface area (Å²) in [5, 5.41) is 3.23. The molecule has 0 fully saturated rings. The van der Waals surface area contributed by atoms with Gasteiger partial charge in [-0.25, -0.2) is 19.9 Å². The number of hydrogen-bond acceptors (Lipinski definition) is 11. The van der Waals surface area contributed by atoms with E-state index in [-0.39, 0.29) is 65.9 Å². The third-order valence-corrected chi connectivity index (χ3v) is 15.3. The summed E-state index contributed by atoms with van der Waals surface area (Å²) in [4.78, 5) is 107. The van der Waals surface area contributed by atoms with Gasteiger partial charge in [0, 0.05) is 92.7 Å². The molecule has 80 heavy (non-hydrogen) atoms. The standard InChI is InChI=1S/C62H61N11O7/c1-5-6-7-8-10-14-39-44-20-22-46(66-44)53(47-24-25-49(68-47)55(57-64-30-34-71(57)3)51-27-26-50(69-51)54(48-23-21-45(39)67-48)56-63-29-33-70(56)2)37-16-18-38(19-17-37)58(75)65-28-13-32-73-61(78)42-35-40-41(36-43(42)62(73)79)60(77)72(59(40)76)31-12-9-11-15-52(74)80-4/h16-27,29-30,33-36,67-68H,5-15,28,31-32H2,1-4H3,(H,65,75). The van der Waals surface area contributed by atoms with Crippen molar-refractivity contribution < 1.29 is 14.3 Å². The Morgan fingerprint density at radius 1 is 0.562 bits per heavy atom. The van der Waals surface area contributed by atoms with E-state index in [2.05, 4.69) is 51.2 Å². The van der Waals surface area contributed by atoms with Crippen LogP contribution < -0.4 is 27.6 Å². The van der Waals surface area contributed by atoms with Crippen LogP contribution in [0.2, 0.25) is 0 Å². The molecule has 2 aromatic carbocycles. The lowest BCUT2D eigenvalue weighted by molar-refractivity contribution is -0.140. The van der Waals surface area contributed by atoms with Crippen molar-refractivity contribution in [1.29, 1.82) is 0 Å². The summed E-state index contributed by atoms with van der Waals surface area (Å²) in [7, 11) is 5.27. The molecule has 18 heteroatoms. The summed E-state index contributed by atoms with van der Waals surface area (Å²) >= 11 is 0. The molecule has 18 nitrogen and oxygen atoms in total. The van der Waals surface area contributed by atoms with Crippen LogP contribution >= 0.6 is 0 Å². The highest BCUT2D eigenvalue weighted by molar-refractivity contribution is 6.00. The molecule has 406 valence electrons. The maximum atomic E-state index is 13.7.